The van der Waals surface area contributed by atoms with E-state index in [1.165, 1.54) is 33.4 Å². The molecule has 0 aromatic heterocycles. The van der Waals surface area contributed by atoms with Crippen molar-refractivity contribution in [1.29, 1.82) is 0 Å². The molecule has 6 aromatic rings. The van der Waals surface area contributed by atoms with Gasteiger partial charge in [-0.25, -0.2) is 0 Å². The van der Waals surface area contributed by atoms with Crippen LogP contribution in [0.15, 0.2) is 162 Å². The maximum Gasteiger partial charge on any atom is 0.0473 e. The monoisotopic (exact) mass is 551 g/mol. The van der Waals surface area contributed by atoms with Crippen molar-refractivity contribution >= 4 is 33.0 Å². The molecule has 0 atom stereocenters. The fraction of sp³-hybridized carbons (Fsp3) is 0. The van der Waals surface area contributed by atoms with Crippen LogP contribution in [0, 0.1) is 0 Å². The van der Waals surface area contributed by atoms with Crippen molar-refractivity contribution < 1.29 is 0 Å². The molecule has 0 spiro atoms. The summed E-state index contributed by atoms with van der Waals surface area (Å²) < 4.78 is 1.08. The van der Waals surface area contributed by atoms with E-state index in [-0.39, 0.29) is 0 Å². The van der Waals surface area contributed by atoms with Gasteiger partial charge in [0.25, 0.3) is 0 Å². The van der Waals surface area contributed by atoms with E-state index in [4.69, 9.17) is 0 Å². The minimum atomic E-state index is 1.08. The summed E-state index contributed by atoms with van der Waals surface area (Å²) in [6.45, 7) is 0. The predicted molar refractivity (Wildman–Crippen MR) is 165 cm³/mol. The summed E-state index contributed by atoms with van der Waals surface area (Å²) in [7, 11) is 0. The molecule has 6 rings (SSSR count). The molecule has 0 aliphatic heterocycles. The number of para-hydroxylation sites is 1. The summed E-state index contributed by atoms with van der Waals surface area (Å²) in [5.74, 6) is 0. The van der Waals surface area contributed by atoms with E-state index in [0.717, 1.165) is 21.5 Å². The lowest BCUT2D eigenvalue weighted by molar-refractivity contribution is 1.28. The van der Waals surface area contributed by atoms with Crippen LogP contribution in [0.5, 0.6) is 0 Å². The Morgan fingerprint density at radius 2 is 0.711 bits per heavy atom. The topological polar surface area (TPSA) is 3.24 Å². The standard InChI is InChI=1S/C36H26BrN/c37-33-20-16-29(17-21-33)30-18-22-35(23-19-30)38(34-14-8-3-9-15-34)36-25-31(27-10-4-1-5-11-27)24-32(26-36)28-12-6-2-7-13-28/h1-26H. The highest BCUT2D eigenvalue weighted by atomic mass is 79.9. The molecule has 1 nitrogen and oxygen atoms in total. The highest BCUT2D eigenvalue weighted by Gasteiger charge is 2.15. The summed E-state index contributed by atoms with van der Waals surface area (Å²) in [5.41, 5.74) is 10.5. The Morgan fingerprint density at radius 1 is 0.316 bits per heavy atom. The molecule has 0 N–H and O–H groups in total. The third-order valence-electron chi connectivity index (χ3n) is 6.71. The van der Waals surface area contributed by atoms with E-state index >= 15 is 0 Å². The van der Waals surface area contributed by atoms with Gasteiger partial charge in [0.05, 0.1) is 0 Å². The molecule has 38 heavy (non-hydrogen) atoms. The van der Waals surface area contributed by atoms with Gasteiger partial charge in [-0.2, -0.15) is 0 Å². The third-order valence-corrected chi connectivity index (χ3v) is 7.24. The molecule has 182 valence electrons. The van der Waals surface area contributed by atoms with E-state index in [2.05, 4.69) is 179 Å². The fourth-order valence-corrected chi connectivity index (χ4v) is 5.07. The van der Waals surface area contributed by atoms with E-state index in [1.54, 1.807) is 0 Å². The quantitative estimate of drug-likeness (QED) is 0.199. The Morgan fingerprint density at radius 3 is 1.21 bits per heavy atom. The van der Waals surface area contributed by atoms with E-state index in [0.29, 0.717) is 0 Å². The maximum absolute atomic E-state index is 3.54. The lowest BCUT2D eigenvalue weighted by Gasteiger charge is -2.27. The molecule has 0 bridgehead atoms. The fourth-order valence-electron chi connectivity index (χ4n) is 4.80. The number of rotatable bonds is 6. The van der Waals surface area contributed by atoms with Gasteiger partial charge < -0.3 is 4.90 Å². The molecular weight excluding hydrogens is 526 g/mol. The molecule has 0 saturated carbocycles. The Labute approximate surface area is 232 Å². The molecule has 0 amide bonds. The first-order valence-corrected chi connectivity index (χ1v) is 13.5. The zero-order valence-electron chi connectivity index (χ0n) is 20.8. The van der Waals surface area contributed by atoms with Crippen molar-refractivity contribution in [3.8, 4) is 33.4 Å². The second-order valence-electron chi connectivity index (χ2n) is 9.23. The molecule has 0 aliphatic carbocycles. The van der Waals surface area contributed by atoms with Crippen LogP contribution < -0.4 is 4.90 Å². The van der Waals surface area contributed by atoms with Gasteiger partial charge in [-0.05, 0) is 88.0 Å². The van der Waals surface area contributed by atoms with Gasteiger partial charge in [-0.15, -0.1) is 0 Å². The summed E-state index contributed by atoms with van der Waals surface area (Å²) in [6, 6.07) is 55.9. The second-order valence-corrected chi connectivity index (χ2v) is 10.1. The van der Waals surface area contributed by atoms with Crippen LogP contribution in [0.1, 0.15) is 0 Å². The van der Waals surface area contributed by atoms with Crippen LogP contribution in [0.2, 0.25) is 0 Å². The summed E-state index contributed by atoms with van der Waals surface area (Å²) in [5, 5.41) is 0. The van der Waals surface area contributed by atoms with Crippen LogP contribution in [-0.4, -0.2) is 0 Å². The summed E-state index contributed by atoms with van der Waals surface area (Å²) >= 11 is 3.54. The number of hydrogen-bond donors (Lipinski definition) is 0. The smallest absolute Gasteiger partial charge is 0.0473 e. The molecular formula is C36H26BrN. The van der Waals surface area contributed by atoms with Crippen LogP contribution in [0.4, 0.5) is 17.1 Å². The molecule has 0 fully saturated rings. The number of nitrogens with zero attached hydrogens (tertiary/aromatic N) is 1. The minimum absolute atomic E-state index is 1.08. The van der Waals surface area contributed by atoms with Crippen molar-refractivity contribution in [2.24, 2.45) is 0 Å². The molecule has 0 unspecified atom stereocenters. The first-order chi connectivity index (χ1) is 18.7. The Hall–Kier alpha value is -4.40. The minimum Gasteiger partial charge on any atom is -0.310 e. The van der Waals surface area contributed by atoms with Crippen LogP contribution in [-0.2, 0) is 0 Å². The lowest BCUT2D eigenvalue weighted by Crippen LogP contribution is -2.10. The summed E-state index contributed by atoms with van der Waals surface area (Å²) in [6.07, 6.45) is 0. The maximum atomic E-state index is 3.54. The van der Waals surface area contributed by atoms with Gasteiger partial charge in [0.2, 0.25) is 0 Å². The van der Waals surface area contributed by atoms with Gasteiger partial charge in [0, 0.05) is 21.5 Å². The average Bonchev–Trinajstić information content (AvgIpc) is 2.99. The first kappa shape index (κ1) is 24.0. The van der Waals surface area contributed by atoms with Gasteiger partial charge in [-0.3, -0.25) is 0 Å². The zero-order chi connectivity index (χ0) is 25.7. The summed E-state index contributed by atoms with van der Waals surface area (Å²) in [4.78, 5) is 2.34. The van der Waals surface area contributed by atoms with Gasteiger partial charge in [0.1, 0.15) is 0 Å². The third kappa shape index (κ3) is 5.18. The highest BCUT2D eigenvalue weighted by Crippen LogP contribution is 2.40. The van der Waals surface area contributed by atoms with Crippen molar-refractivity contribution in [2.45, 2.75) is 0 Å². The molecule has 6 aromatic carbocycles. The van der Waals surface area contributed by atoms with E-state index in [9.17, 15) is 0 Å². The highest BCUT2D eigenvalue weighted by molar-refractivity contribution is 9.10. The Kier molecular flexibility index (Phi) is 6.89. The zero-order valence-corrected chi connectivity index (χ0v) is 22.4. The molecule has 0 heterocycles. The molecule has 0 saturated heterocycles. The Bertz CT molecular complexity index is 1570. The van der Waals surface area contributed by atoms with Crippen LogP contribution in [0.25, 0.3) is 33.4 Å². The number of benzene rings is 6. The SMILES string of the molecule is Brc1ccc(-c2ccc(N(c3ccccc3)c3cc(-c4ccccc4)cc(-c4ccccc4)c3)cc2)cc1. The number of hydrogen-bond acceptors (Lipinski definition) is 1. The van der Waals surface area contributed by atoms with Crippen molar-refractivity contribution in [3.05, 3.63) is 162 Å². The van der Waals surface area contributed by atoms with Gasteiger partial charge in [0.15, 0.2) is 0 Å². The van der Waals surface area contributed by atoms with Gasteiger partial charge >= 0.3 is 0 Å². The van der Waals surface area contributed by atoms with Crippen molar-refractivity contribution in [1.82, 2.24) is 0 Å². The van der Waals surface area contributed by atoms with Crippen LogP contribution >= 0.6 is 15.9 Å². The predicted octanol–water partition coefficient (Wildman–Crippen LogP) is 10.9. The molecule has 0 radical (unpaired) electrons. The second kappa shape index (κ2) is 10.9. The van der Waals surface area contributed by atoms with E-state index in [1.807, 2.05) is 0 Å². The Balaban J connectivity index is 1.50. The average molecular weight is 553 g/mol. The normalized spacial score (nSPS) is 10.8. The first-order valence-electron chi connectivity index (χ1n) is 12.7. The number of halogens is 1. The largest absolute Gasteiger partial charge is 0.310 e. The molecule has 2 heteroatoms. The molecule has 0 aliphatic rings. The van der Waals surface area contributed by atoms with Crippen molar-refractivity contribution in [3.63, 3.8) is 0 Å². The van der Waals surface area contributed by atoms with E-state index < -0.39 is 0 Å². The van der Waals surface area contributed by atoms with Gasteiger partial charge in [-0.1, -0.05) is 119 Å². The van der Waals surface area contributed by atoms with Crippen LogP contribution in [0.3, 0.4) is 0 Å². The lowest BCUT2D eigenvalue weighted by atomic mass is 9.97. The van der Waals surface area contributed by atoms with Crippen molar-refractivity contribution in [2.75, 3.05) is 4.90 Å². The number of anilines is 3.